The topological polar surface area (TPSA) is 20.3 Å². The molecule has 1 amide bonds. The van der Waals surface area contributed by atoms with Crippen molar-refractivity contribution in [1.82, 2.24) is 4.90 Å². The number of carbonyl (C=O) groups is 1. The number of carbonyl (C=O) groups excluding carboxylic acids is 1. The van der Waals surface area contributed by atoms with Crippen molar-refractivity contribution in [1.29, 1.82) is 0 Å². The van der Waals surface area contributed by atoms with E-state index in [1.165, 1.54) is 29.9 Å². The molecule has 1 fully saturated rings. The highest BCUT2D eigenvalue weighted by atomic mass is 32.2. The predicted molar refractivity (Wildman–Crippen MR) is 67.8 cm³/mol. The molecule has 1 saturated heterocycles. The first-order valence-corrected chi connectivity index (χ1v) is 7.51. The van der Waals surface area contributed by atoms with Crippen molar-refractivity contribution in [2.75, 3.05) is 12.3 Å². The summed E-state index contributed by atoms with van der Waals surface area (Å²) in [6, 6.07) is 0. The lowest BCUT2D eigenvalue weighted by molar-refractivity contribution is -0.140. The molecule has 0 saturated carbocycles. The van der Waals surface area contributed by atoms with E-state index in [9.17, 15) is 4.79 Å². The monoisotopic (exact) mass is 243 g/mol. The van der Waals surface area contributed by atoms with Crippen molar-refractivity contribution >= 4 is 29.4 Å². The molecule has 0 unspecified atom stereocenters. The summed E-state index contributed by atoms with van der Waals surface area (Å²) in [6.45, 7) is 3.09. The molecular weight excluding hydrogens is 226 g/mol. The minimum absolute atomic E-state index is 0.326. The molecule has 0 aromatic rings. The van der Waals surface area contributed by atoms with Crippen LogP contribution in [0.15, 0.2) is 10.3 Å². The Kier molecular flexibility index (Phi) is 4.03. The minimum Gasteiger partial charge on any atom is -0.325 e. The van der Waals surface area contributed by atoms with E-state index >= 15 is 0 Å². The number of thioether (sulfide) groups is 2. The molecule has 15 heavy (non-hydrogen) atoms. The molecule has 0 aromatic heterocycles. The molecule has 2 nitrogen and oxygen atoms in total. The standard InChI is InChI=1S/C11H17NOS2/c1-2-3-4-5-14-9-7-12-10(13)6-11(12)15-8-9/h8,11H,2-7H2,1H3/t11-/m0/s1. The van der Waals surface area contributed by atoms with Gasteiger partial charge in [0.1, 0.15) is 0 Å². The first-order chi connectivity index (χ1) is 7.31. The van der Waals surface area contributed by atoms with Crippen LogP contribution in [0.1, 0.15) is 32.6 Å². The fraction of sp³-hybridized carbons (Fsp3) is 0.727. The summed E-state index contributed by atoms with van der Waals surface area (Å²) in [5, 5.41) is 2.71. The van der Waals surface area contributed by atoms with Crippen LogP contribution in [0.4, 0.5) is 0 Å². The maximum atomic E-state index is 11.3. The van der Waals surface area contributed by atoms with E-state index in [1.54, 1.807) is 0 Å². The predicted octanol–water partition coefficient (Wildman–Crippen LogP) is 3.06. The van der Waals surface area contributed by atoms with E-state index in [2.05, 4.69) is 12.3 Å². The number of rotatable bonds is 5. The third kappa shape index (κ3) is 2.72. The zero-order valence-electron chi connectivity index (χ0n) is 9.07. The molecule has 2 aliphatic heterocycles. The van der Waals surface area contributed by atoms with Gasteiger partial charge in [0.2, 0.25) is 5.91 Å². The number of fused-ring (bicyclic) bond motifs is 1. The average molecular weight is 243 g/mol. The van der Waals surface area contributed by atoms with Crippen molar-refractivity contribution in [3.8, 4) is 0 Å². The molecule has 2 aliphatic rings. The highest BCUT2D eigenvalue weighted by Crippen LogP contribution is 2.38. The SMILES string of the molecule is CCCCCSC1=CS[C@H]2CC(=O)N2C1. The average Bonchev–Trinajstić information content (AvgIpc) is 2.25. The zero-order valence-corrected chi connectivity index (χ0v) is 10.7. The molecule has 0 bridgehead atoms. The van der Waals surface area contributed by atoms with Crippen LogP contribution < -0.4 is 0 Å². The Bertz CT molecular complexity index is 278. The zero-order chi connectivity index (χ0) is 10.7. The van der Waals surface area contributed by atoms with Gasteiger partial charge in [-0.15, -0.1) is 23.5 Å². The second-order valence-electron chi connectivity index (χ2n) is 3.96. The molecule has 0 aromatic carbocycles. The lowest BCUT2D eigenvalue weighted by Crippen LogP contribution is -2.52. The van der Waals surface area contributed by atoms with Crippen molar-refractivity contribution in [2.24, 2.45) is 0 Å². The number of hydrogen-bond donors (Lipinski definition) is 0. The molecule has 0 aliphatic carbocycles. The molecule has 84 valence electrons. The highest BCUT2D eigenvalue weighted by molar-refractivity contribution is 8.06. The van der Waals surface area contributed by atoms with Gasteiger partial charge >= 0.3 is 0 Å². The number of hydrogen-bond acceptors (Lipinski definition) is 3. The lowest BCUT2D eigenvalue weighted by atomic mass is 10.2. The Balaban J connectivity index is 1.72. The van der Waals surface area contributed by atoms with Crippen LogP contribution >= 0.6 is 23.5 Å². The molecule has 0 spiro atoms. The van der Waals surface area contributed by atoms with Gasteiger partial charge in [0.05, 0.1) is 18.3 Å². The quantitative estimate of drug-likeness (QED) is 0.547. The second-order valence-corrected chi connectivity index (χ2v) is 6.23. The van der Waals surface area contributed by atoms with Crippen LogP contribution in [-0.2, 0) is 4.79 Å². The van der Waals surface area contributed by atoms with Gasteiger partial charge in [0, 0.05) is 4.91 Å². The summed E-state index contributed by atoms with van der Waals surface area (Å²) in [4.78, 5) is 14.6. The smallest absolute Gasteiger partial charge is 0.226 e. The summed E-state index contributed by atoms with van der Waals surface area (Å²) in [7, 11) is 0. The van der Waals surface area contributed by atoms with Gasteiger partial charge in [-0.1, -0.05) is 19.8 Å². The van der Waals surface area contributed by atoms with Crippen molar-refractivity contribution in [2.45, 2.75) is 38.0 Å². The largest absolute Gasteiger partial charge is 0.325 e. The maximum absolute atomic E-state index is 11.3. The van der Waals surface area contributed by atoms with E-state index in [4.69, 9.17) is 0 Å². The van der Waals surface area contributed by atoms with Gasteiger partial charge in [0.15, 0.2) is 0 Å². The van der Waals surface area contributed by atoms with Crippen LogP contribution in [-0.4, -0.2) is 28.5 Å². The fourth-order valence-electron chi connectivity index (χ4n) is 1.73. The molecule has 0 radical (unpaired) electrons. The highest BCUT2D eigenvalue weighted by Gasteiger charge is 2.38. The van der Waals surface area contributed by atoms with Crippen LogP contribution in [0.5, 0.6) is 0 Å². The van der Waals surface area contributed by atoms with Gasteiger partial charge in [-0.2, -0.15) is 0 Å². The Hall–Kier alpha value is -0.0900. The molecule has 4 heteroatoms. The normalized spacial score (nSPS) is 24.6. The van der Waals surface area contributed by atoms with Gasteiger partial charge in [-0.05, 0) is 17.6 Å². The van der Waals surface area contributed by atoms with E-state index in [1.807, 2.05) is 28.4 Å². The summed E-state index contributed by atoms with van der Waals surface area (Å²) >= 11 is 3.74. The molecule has 0 N–H and O–H groups in total. The number of β-lactam (4-membered cyclic amide) rings is 1. The number of amides is 1. The number of unbranched alkanes of at least 4 members (excludes halogenated alkanes) is 2. The van der Waals surface area contributed by atoms with Gasteiger partial charge < -0.3 is 4.90 Å². The van der Waals surface area contributed by atoms with Crippen LogP contribution in [0.25, 0.3) is 0 Å². The fourth-order valence-corrected chi connectivity index (χ4v) is 3.97. The molecule has 2 rings (SSSR count). The summed E-state index contributed by atoms with van der Waals surface area (Å²) in [6.07, 6.45) is 4.63. The van der Waals surface area contributed by atoms with E-state index < -0.39 is 0 Å². The Morgan fingerprint density at radius 2 is 2.47 bits per heavy atom. The van der Waals surface area contributed by atoms with Crippen molar-refractivity contribution < 1.29 is 4.79 Å². The summed E-state index contributed by atoms with van der Waals surface area (Å²) < 4.78 is 0. The van der Waals surface area contributed by atoms with Gasteiger partial charge in [-0.25, -0.2) is 0 Å². The van der Waals surface area contributed by atoms with E-state index in [0.717, 1.165) is 13.0 Å². The number of nitrogens with zero attached hydrogens (tertiary/aromatic N) is 1. The first-order valence-electron chi connectivity index (χ1n) is 5.58. The molecular formula is C11H17NOS2. The summed E-state index contributed by atoms with van der Waals surface area (Å²) in [5.41, 5.74) is 0. The molecule has 2 heterocycles. The second kappa shape index (κ2) is 5.30. The van der Waals surface area contributed by atoms with E-state index in [0.29, 0.717) is 11.3 Å². The van der Waals surface area contributed by atoms with Gasteiger partial charge in [0.25, 0.3) is 0 Å². The van der Waals surface area contributed by atoms with Crippen LogP contribution in [0.3, 0.4) is 0 Å². The van der Waals surface area contributed by atoms with E-state index in [-0.39, 0.29) is 0 Å². The first kappa shape index (κ1) is 11.4. The Labute approximate surface area is 99.9 Å². The summed E-state index contributed by atoms with van der Waals surface area (Å²) in [5.74, 6) is 1.53. The van der Waals surface area contributed by atoms with Crippen LogP contribution in [0.2, 0.25) is 0 Å². The van der Waals surface area contributed by atoms with Gasteiger partial charge in [-0.3, -0.25) is 4.79 Å². The third-order valence-corrected chi connectivity index (χ3v) is 5.15. The lowest BCUT2D eigenvalue weighted by Gasteiger charge is -2.42. The Morgan fingerprint density at radius 1 is 1.60 bits per heavy atom. The van der Waals surface area contributed by atoms with Crippen molar-refractivity contribution in [3.63, 3.8) is 0 Å². The van der Waals surface area contributed by atoms with Crippen molar-refractivity contribution in [3.05, 3.63) is 10.3 Å². The molecule has 1 atom stereocenters. The third-order valence-electron chi connectivity index (χ3n) is 2.74. The van der Waals surface area contributed by atoms with Crippen LogP contribution in [0, 0.1) is 0 Å². The maximum Gasteiger partial charge on any atom is 0.226 e. The minimum atomic E-state index is 0.326. The Morgan fingerprint density at radius 3 is 3.20 bits per heavy atom.